The first-order chi connectivity index (χ1) is 8.51. The largest absolute Gasteiger partial charge is 0.349 e. The van der Waals surface area contributed by atoms with Gasteiger partial charge in [0.1, 0.15) is 5.02 Å². The first-order valence-electron chi connectivity index (χ1n) is 5.75. The number of nitrogens with zero attached hydrogens (tertiary/aromatic N) is 1. The second-order valence-electron chi connectivity index (χ2n) is 3.88. The highest BCUT2D eigenvalue weighted by atomic mass is 35.5. The van der Waals surface area contributed by atoms with Gasteiger partial charge in [-0.25, -0.2) is 0 Å². The highest BCUT2D eigenvalue weighted by molar-refractivity contribution is 6.35. The van der Waals surface area contributed by atoms with E-state index in [4.69, 9.17) is 11.6 Å². The molecule has 1 N–H and O–H groups in total. The van der Waals surface area contributed by atoms with Crippen molar-refractivity contribution in [1.82, 2.24) is 5.32 Å². The zero-order valence-corrected chi connectivity index (χ0v) is 11.0. The van der Waals surface area contributed by atoms with Crippen LogP contribution in [0.2, 0.25) is 5.02 Å². The van der Waals surface area contributed by atoms with Crippen molar-refractivity contribution in [3.05, 3.63) is 38.9 Å². The third kappa shape index (κ3) is 3.20. The molecule has 1 aromatic rings. The summed E-state index contributed by atoms with van der Waals surface area (Å²) in [5.41, 5.74) is -0.119. The summed E-state index contributed by atoms with van der Waals surface area (Å²) in [6.45, 7) is 3.92. The molecule has 6 heteroatoms. The number of hydrogen-bond donors (Lipinski definition) is 1. The Labute approximate surface area is 110 Å². The summed E-state index contributed by atoms with van der Waals surface area (Å²) in [7, 11) is 0. The van der Waals surface area contributed by atoms with Gasteiger partial charge in [0.2, 0.25) is 0 Å². The standard InChI is InChI=1S/C12H15ClN2O3/c1-3-8(4-2)14-12(16)9-6-5-7-10(11(9)13)15(17)18/h5-8H,3-4H2,1-2H3,(H,14,16). The lowest BCUT2D eigenvalue weighted by molar-refractivity contribution is -0.384. The minimum atomic E-state index is -0.601. The molecule has 98 valence electrons. The van der Waals surface area contributed by atoms with Crippen LogP contribution in [0.5, 0.6) is 0 Å². The Hall–Kier alpha value is -1.62. The van der Waals surface area contributed by atoms with Crippen LogP contribution in [-0.4, -0.2) is 16.9 Å². The maximum absolute atomic E-state index is 12.0. The van der Waals surface area contributed by atoms with Crippen LogP contribution in [0.3, 0.4) is 0 Å². The summed E-state index contributed by atoms with van der Waals surface area (Å²) in [5, 5.41) is 13.4. The Morgan fingerprint density at radius 3 is 2.56 bits per heavy atom. The molecule has 0 aliphatic carbocycles. The van der Waals surface area contributed by atoms with Crippen LogP contribution in [0.25, 0.3) is 0 Å². The molecule has 0 saturated carbocycles. The predicted molar refractivity (Wildman–Crippen MR) is 69.9 cm³/mol. The molecule has 0 bridgehead atoms. The SMILES string of the molecule is CCC(CC)NC(=O)c1cccc([N+](=O)[O-])c1Cl. The lowest BCUT2D eigenvalue weighted by Gasteiger charge is -2.15. The molecule has 0 spiro atoms. The van der Waals surface area contributed by atoms with Gasteiger partial charge >= 0.3 is 0 Å². The summed E-state index contributed by atoms with van der Waals surface area (Å²) in [4.78, 5) is 22.1. The number of amides is 1. The topological polar surface area (TPSA) is 72.2 Å². The average Bonchev–Trinajstić information content (AvgIpc) is 2.35. The second kappa shape index (κ2) is 6.35. The molecule has 18 heavy (non-hydrogen) atoms. The Morgan fingerprint density at radius 2 is 2.06 bits per heavy atom. The van der Waals surface area contributed by atoms with Crippen LogP contribution < -0.4 is 5.32 Å². The Bertz CT molecular complexity index is 459. The van der Waals surface area contributed by atoms with Crippen molar-refractivity contribution < 1.29 is 9.72 Å². The third-order valence-electron chi connectivity index (χ3n) is 2.74. The zero-order chi connectivity index (χ0) is 13.7. The molecular weight excluding hydrogens is 256 g/mol. The van der Waals surface area contributed by atoms with Crippen molar-refractivity contribution in [2.45, 2.75) is 32.7 Å². The number of nitro groups is 1. The number of rotatable bonds is 5. The number of hydrogen-bond acceptors (Lipinski definition) is 3. The predicted octanol–water partition coefficient (Wildman–Crippen LogP) is 3.17. The lowest BCUT2D eigenvalue weighted by atomic mass is 10.1. The van der Waals surface area contributed by atoms with Gasteiger partial charge in [-0.2, -0.15) is 0 Å². The summed E-state index contributed by atoms with van der Waals surface area (Å²) in [6.07, 6.45) is 1.60. The highest BCUT2D eigenvalue weighted by Crippen LogP contribution is 2.27. The first kappa shape index (κ1) is 14.4. The Morgan fingerprint density at radius 1 is 1.44 bits per heavy atom. The van der Waals surface area contributed by atoms with Crippen LogP contribution in [0.1, 0.15) is 37.0 Å². The van der Waals surface area contributed by atoms with E-state index in [1.165, 1.54) is 18.2 Å². The summed E-state index contributed by atoms with van der Waals surface area (Å²) >= 11 is 5.87. The van der Waals surface area contributed by atoms with E-state index >= 15 is 0 Å². The van der Waals surface area contributed by atoms with Crippen LogP contribution in [0, 0.1) is 10.1 Å². The Kier molecular flexibility index (Phi) is 5.09. The fraction of sp³-hybridized carbons (Fsp3) is 0.417. The Balaban J connectivity index is 2.99. The van der Waals surface area contributed by atoms with Crippen molar-refractivity contribution in [2.24, 2.45) is 0 Å². The van der Waals surface area contributed by atoms with E-state index in [0.717, 1.165) is 12.8 Å². The summed E-state index contributed by atoms with van der Waals surface area (Å²) in [6, 6.07) is 4.25. The third-order valence-corrected chi connectivity index (χ3v) is 3.14. The monoisotopic (exact) mass is 270 g/mol. The minimum Gasteiger partial charge on any atom is -0.349 e. The number of carbonyl (C=O) groups is 1. The summed E-state index contributed by atoms with van der Waals surface area (Å²) in [5.74, 6) is -0.377. The van der Waals surface area contributed by atoms with Gasteiger partial charge in [-0.05, 0) is 18.9 Å². The number of nitrogens with one attached hydrogen (secondary N) is 1. The molecular formula is C12H15ClN2O3. The molecule has 0 fully saturated rings. The number of benzene rings is 1. The molecule has 0 atom stereocenters. The van der Waals surface area contributed by atoms with Crippen LogP contribution in [-0.2, 0) is 0 Å². The van der Waals surface area contributed by atoms with E-state index in [2.05, 4.69) is 5.32 Å². The van der Waals surface area contributed by atoms with E-state index in [1.807, 2.05) is 13.8 Å². The van der Waals surface area contributed by atoms with Crippen molar-refractivity contribution >= 4 is 23.2 Å². The van der Waals surface area contributed by atoms with Gasteiger partial charge in [0.25, 0.3) is 11.6 Å². The van der Waals surface area contributed by atoms with Crippen molar-refractivity contribution in [2.75, 3.05) is 0 Å². The number of nitro benzene ring substituents is 1. The van der Waals surface area contributed by atoms with E-state index in [0.29, 0.717) is 0 Å². The molecule has 0 unspecified atom stereocenters. The number of halogens is 1. The normalized spacial score (nSPS) is 10.4. The van der Waals surface area contributed by atoms with Gasteiger partial charge in [0.05, 0.1) is 10.5 Å². The van der Waals surface area contributed by atoms with Crippen LogP contribution in [0.4, 0.5) is 5.69 Å². The number of carbonyl (C=O) groups excluding carboxylic acids is 1. The maximum Gasteiger partial charge on any atom is 0.288 e. The van der Waals surface area contributed by atoms with Gasteiger partial charge < -0.3 is 5.32 Å². The van der Waals surface area contributed by atoms with Gasteiger partial charge in [0, 0.05) is 12.1 Å². The molecule has 0 aliphatic rings. The molecule has 1 rings (SSSR count). The van der Waals surface area contributed by atoms with E-state index in [9.17, 15) is 14.9 Å². The molecule has 0 saturated heterocycles. The fourth-order valence-corrected chi connectivity index (χ4v) is 1.87. The average molecular weight is 271 g/mol. The van der Waals surface area contributed by atoms with Crippen molar-refractivity contribution in [3.63, 3.8) is 0 Å². The van der Waals surface area contributed by atoms with Gasteiger partial charge in [-0.1, -0.05) is 31.5 Å². The maximum atomic E-state index is 12.0. The molecule has 0 radical (unpaired) electrons. The van der Waals surface area contributed by atoms with Crippen molar-refractivity contribution in [1.29, 1.82) is 0 Å². The molecule has 1 amide bonds. The first-order valence-corrected chi connectivity index (χ1v) is 6.12. The fourth-order valence-electron chi connectivity index (χ4n) is 1.59. The smallest absolute Gasteiger partial charge is 0.288 e. The van der Waals surface area contributed by atoms with E-state index < -0.39 is 4.92 Å². The van der Waals surface area contributed by atoms with Crippen molar-refractivity contribution in [3.8, 4) is 0 Å². The highest BCUT2D eigenvalue weighted by Gasteiger charge is 2.20. The van der Waals surface area contributed by atoms with Gasteiger partial charge in [-0.15, -0.1) is 0 Å². The molecule has 5 nitrogen and oxygen atoms in total. The zero-order valence-electron chi connectivity index (χ0n) is 10.3. The van der Waals surface area contributed by atoms with Gasteiger partial charge in [-0.3, -0.25) is 14.9 Å². The van der Waals surface area contributed by atoms with Crippen LogP contribution in [0.15, 0.2) is 18.2 Å². The minimum absolute atomic E-state index is 0.0489. The quantitative estimate of drug-likeness (QED) is 0.660. The van der Waals surface area contributed by atoms with E-state index in [1.54, 1.807) is 0 Å². The van der Waals surface area contributed by atoms with Gasteiger partial charge in [0.15, 0.2) is 0 Å². The molecule has 0 aromatic heterocycles. The molecule has 1 aromatic carbocycles. The summed E-state index contributed by atoms with van der Waals surface area (Å²) < 4.78 is 0. The lowest BCUT2D eigenvalue weighted by Crippen LogP contribution is -2.34. The van der Waals surface area contributed by atoms with Crippen LogP contribution >= 0.6 is 11.6 Å². The molecule has 0 heterocycles. The second-order valence-corrected chi connectivity index (χ2v) is 4.26. The molecule has 0 aliphatic heterocycles. The van der Waals surface area contributed by atoms with E-state index in [-0.39, 0.29) is 28.2 Å².